The normalized spacial score (nSPS) is 20.5. The fourth-order valence-corrected chi connectivity index (χ4v) is 5.85. The monoisotopic (exact) mass is 527 g/mol. The van der Waals surface area contributed by atoms with Crippen molar-refractivity contribution in [2.75, 3.05) is 40.0 Å². The van der Waals surface area contributed by atoms with Crippen molar-refractivity contribution in [2.24, 2.45) is 18.0 Å². The Labute approximate surface area is 228 Å². The molecule has 0 saturated carbocycles. The molecule has 9 nitrogen and oxygen atoms in total. The SMILES string of the molecule is COC(=O)N1CC[C@@H](CN2C(=O)C3(CCOCC3)N=C2c2ccc(-c3ccc(-c4cnn(C)c4)cc3)cc2)C1. The molecule has 2 aromatic carbocycles. The van der Waals surface area contributed by atoms with Gasteiger partial charge in [-0.05, 0) is 29.0 Å². The molecule has 6 rings (SSSR count). The Morgan fingerprint density at radius 3 is 2.21 bits per heavy atom. The first-order valence-electron chi connectivity index (χ1n) is 13.5. The van der Waals surface area contributed by atoms with Gasteiger partial charge in [-0.15, -0.1) is 0 Å². The summed E-state index contributed by atoms with van der Waals surface area (Å²) < 4.78 is 12.3. The maximum Gasteiger partial charge on any atom is 0.409 e. The van der Waals surface area contributed by atoms with E-state index in [9.17, 15) is 9.59 Å². The first-order chi connectivity index (χ1) is 19.0. The van der Waals surface area contributed by atoms with E-state index < -0.39 is 5.54 Å². The van der Waals surface area contributed by atoms with Gasteiger partial charge < -0.3 is 14.4 Å². The molecule has 0 N–H and O–H groups in total. The molecule has 0 aliphatic carbocycles. The summed E-state index contributed by atoms with van der Waals surface area (Å²) in [5.41, 5.74) is 4.59. The number of nitrogens with zero attached hydrogens (tertiary/aromatic N) is 5. The van der Waals surface area contributed by atoms with Crippen LogP contribution in [0.5, 0.6) is 0 Å². The van der Waals surface area contributed by atoms with Crippen molar-refractivity contribution >= 4 is 17.8 Å². The Morgan fingerprint density at radius 2 is 1.62 bits per heavy atom. The van der Waals surface area contributed by atoms with Crippen LogP contribution in [0.1, 0.15) is 24.8 Å². The number of carbonyl (C=O) groups is 2. The van der Waals surface area contributed by atoms with Crippen LogP contribution < -0.4 is 0 Å². The molecule has 0 unspecified atom stereocenters. The van der Waals surface area contributed by atoms with Gasteiger partial charge in [-0.2, -0.15) is 5.10 Å². The minimum absolute atomic E-state index is 0.0485. The summed E-state index contributed by atoms with van der Waals surface area (Å²) >= 11 is 0. The third kappa shape index (κ3) is 4.83. The smallest absolute Gasteiger partial charge is 0.409 e. The van der Waals surface area contributed by atoms with E-state index in [2.05, 4.69) is 53.6 Å². The van der Waals surface area contributed by atoms with E-state index in [1.54, 1.807) is 9.58 Å². The van der Waals surface area contributed by atoms with Gasteiger partial charge in [-0.1, -0.05) is 48.5 Å². The second kappa shape index (κ2) is 10.3. The van der Waals surface area contributed by atoms with E-state index in [1.807, 2.05) is 24.3 Å². The van der Waals surface area contributed by atoms with Crippen LogP contribution in [0.25, 0.3) is 22.3 Å². The number of aromatic nitrogens is 2. The molecular weight excluding hydrogens is 494 g/mol. The van der Waals surface area contributed by atoms with E-state index in [0.29, 0.717) is 45.7 Å². The summed E-state index contributed by atoms with van der Waals surface area (Å²) in [6.07, 6.45) is 5.56. The number of rotatable bonds is 5. The number of aliphatic imine (C=N–C) groups is 1. The van der Waals surface area contributed by atoms with Crippen molar-refractivity contribution in [3.05, 3.63) is 66.5 Å². The highest BCUT2D eigenvalue weighted by Crippen LogP contribution is 2.36. The van der Waals surface area contributed by atoms with E-state index in [-0.39, 0.29) is 17.9 Å². The van der Waals surface area contributed by atoms with Gasteiger partial charge in [0, 0.05) is 70.1 Å². The van der Waals surface area contributed by atoms with Gasteiger partial charge in [-0.25, -0.2) is 4.79 Å². The molecule has 4 heterocycles. The number of amides is 2. The molecular formula is C30H33N5O4. The van der Waals surface area contributed by atoms with Crippen molar-refractivity contribution in [3.8, 4) is 22.3 Å². The Morgan fingerprint density at radius 1 is 1.00 bits per heavy atom. The number of hydrogen-bond acceptors (Lipinski definition) is 6. The predicted molar refractivity (Wildman–Crippen MR) is 147 cm³/mol. The van der Waals surface area contributed by atoms with E-state index in [1.165, 1.54) is 7.11 Å². The fraction of sp³-hybridized carbons (Fsp3) is 0.400. The quantitative estimate of drug-likeness (QED) is 0.501. The van der Waals surface area contributed by atoms with E-state index >= 15 is 0 Å². The average Bonchev–Trinajstić information content (AvgIpc) is 3.69. The first kappa shape index (κ1) is 25.3. The number of hydrogen-bond donors (Lipinski definition) is 0. The Hall–Kier alpha value is -3.98. The lowest BCUT2D eigenvalue weighted by Gasteiger charge is -2.30. The molecule has 0 radical (unpaired) electrons. The molecule has 2 saturated heterocycles. The average molecular weight is 528 g/mol. The van der Waals surface area contributed by atoms with Crippen molar-refractivity contribution in [1.29, 1.82) is 0 Å². The zero-order valence-corrected chi connectivity index (χ0v) is 22.4. The topological polar surface area (TPSA) is 89.3 Å². The summed E-state index contributed by atoms with van der Waals surface area (Å²) in [6, 6.07) is 16.7. The zero-order chi connectivity index (χ0) is 27.0. The lowest BCUT2D eigenvalue weighted by molar-refractivity contribution is -0.134. The van der Waals surface area contributed by atoms with Crippen molar-refractivity contribution in [1.82, 2.24) is 19.6 Å². The standard InChI is InChI=1S/C30H33N5O4/c1-33-20-26(17-31-33)24-5-3-22(4-6-24)23-7-9-25(10-8-23)27-32-30(12-15-39-16-13-30)28(36)35(27)19-21-11-14-34(18-21)29(37)38-2/h3-10,17,20-21H,11-16,18-19H2,1-2H3/t21-/m1/s1. The van der Waals surface area contributed by atoms with Crippen LogP contribution in [0.4, 0.5) is 4.79 Å². The highest BCUT2D eigenvalue weighted by Gasteiger charge is 2.50. The minimum Gasteiger partial charge on any atom is -0.453 e. The van der Waals surface area contributed by atoms with Gasteiger partial charge in [-0.3, -0.25) is 19.4 Å². The van der Waals surface area contributed by atoms with Crippen LogP contribution in [0.3, 0.4) is 0 Å². The van der Waals surface area contributed by atoms with Crippen LogP contribution in [-0.4, -0.2) is 82.9 Å². The third-order valence-electron chi connectivity index (χ3n) is 8.10. The van der Waals surface area contributed by atoms with Crippen molar-refractivity contribution < 1.29 is 19.1 Å². The summed E-state index contributed by atoms with van der Waals surface area (Å²) in [6.45, 7) is 2.81. The molecule has 3 aliphatic rings. The van der Waals surface area contributed by atoms with E-state index in [4.69, 9.17) is 14.5 Å². The molecule has 2 fully saturated rings. The van der Waals surface area contributed by atoms with Crippen LogP contribution in [0.2, 0.25) is 0 Å². The molecule has 9 heteroatoms. The van der Waals surface area contributed by atoms with Crippen molar-refractivity contribution in [2.45, 2.75) is 24.8 Å². The zero-order valence-electron chi connectivity index (χ0n) is 22.4. The van der Waals surface area contributed by atoms with Gasteiger partial charge >= 0.3 is 6.09 Å². The lowest BCUT2D eigenvalue weighted by atomic mass is 9.90. The Balaban J connectivity index is 1.24. The third-order valence-corrected chi connectivity index (χ3v) is 8.10. The highest BCUT2D eigenvalue weighted by atomic mass is 16.5. The number of carbonyl (C=O) groups excluding carboxylic acids is 2. The molecule has 3 aromatic rings. The molecule has 1 spiro atoms. The number of ether oxygens (including phenoxy) is 2. The summed E-state index contributed by atoms with van der Waals surface area (Å²) in [5.74, 6) is 0.940. The second-order valence-corrected chi connectivity index (χ2v) is 10.6. The van der Waals surface area contributed by atoms with Crippen molar-refractivity contribution in [3.63, 3.8) is 0 Å². The minimum atomic E-state index is -0.755. The summed E-state index contributed by atoms with van der Waals surface area (Å²) in [5, 5.41) is 4.26. The number of amidine groups is 1. The second-order valence-electron chi connectivity index (χ2n) is 10.6. The van der Waals surface area contributed by atoms with Crippen LogP contribution in [0, 0.1) is 5.92 Å². The summed E-state index contributed by atoms with van der Waals surface area (Å²) in [7, 11) is 3.31. The number of aryl methyl sites for hydroxylation is 1. The number of methoxy groups -OCH3 is 1. The molecule has 39 heavy (non-hydrogen) atoms. The molecule has 202 valence electrons. The van der Waals surface area contributed by atoms with Crippen LogP contribution in [0.15, 0.2) is 65.9 Å². The lowest BCUT2D eigenvalue weighted by Crippen LogP contribution is -2.47. The number of benzene rings is 2. The maximum atomic E-state index is 13.8. The van der Waals surface area contributed by atoms with Gasteiger partial charge in [0.25, 0.3) is 5.91 Å². The van der Waals surface area contributed by atoms with Crippen LogP contribution >= 0.6 is 0 Å². The fourth-order valence-electron chi connectivity index (χ4n) is 5.85. The van der Waals surface area contributed by atoms with Gasteiger partial charge in [0.05, 0.1) is 13.3 Å². The maximum absolute atomic E-state index is 13.8. The highest BCUT2D eigenvalue weighted by molar-refractivity contribution is 6.15. The first-order valence-corrected chi connectivity index (χ1v) is 13.5. The van der Waals surface area contributed by atoms with Gasteiger partial charge in [0.2, 0.25) is 0 Å². The molecule has 1 aromatic heterocycles. The van der Waals surface area contributed by atoms with Crippen LogP contribution in [-0.2, 0) is 21.3 Å². The molecule has 2 amide bonds. The van der Waals surface area contributed by atoms with E-state index in [0.717, 1.165) is 40.1 Å². The van der Waals surface area contributed by atoms with Gasteiger partial charge in [0.1, 0.15) is 11.4 Å². The molecule has 0 bridgehead atoms. The predicted octanol–water partition coefficient (Wildman–Crippen LogP) is 3.98. The largest absolute Gasteiger partial charge is 0.453 e. The van der Waals surface area contributed by atoms with Gasteiger partial charge in [0.15, 0.2) is 0 Å². The number of likely N-dealkylation sites (tertiary alicyclic amines) is 1. The molecule has 3 aliphatic heterocycles. The summed E-state index contributed by atoms with van der Waals surface area (Å²) in [4.78, 5) is 34.5. The Kier molecular flexibility index (Phi) is 6.68. The molecule has 1 atom stereocenters. The Bertz CT molecular complexity index is 1390.